The molecule has 1 saturated heterocycles. The molecule has 2 bridgehead atoms. The molecular weight excluding hydrogens is 352 g/mol. The first-order valence-corrected chi connectivity index (χ1v) is 8.88. The molecule has 138 valence electrons. The number of rotatable bonds is 3. The van der Waals surface area contributed by atoms with Gasteiger partial charge in [-0.3, -0.25) is 24.5 Å². The molecule has 3 aliphatic carbocycles. The fourth-order valence-corrected chi connectivity index (χ4v) is 5.36. The third-order valence-corrected chi connectivity index (χ3v) is 6.50. The average Bonchev–Trinajstić information content (AvgIpc) is 3.20. The summed E-state index contributed by atoms with van der Waals surface area (Å²) in [4.78, 5) is 49.0. The summed E-state index contributed by atoms with van der Waals surface area (Å²) in [5, 5.41) is 11.4. The van der Waals surface area contributed by atoms with E-state index in [1.165, 1.54) is 12.1 Å². The number of allylic oxidation sites excluding steroid dienone is 2. The number of ether oxygens (including phenoxy) is 1. The lowest BCUT2D eigenvalue weighted by Gasteiger charge is -2.21. The van der Waals surface area contributed by atoms with Crippen molar-refractivity contribution in [3.8, 4) is 5.75 Å². The topological polar surface area (TPSA) is 107 Å². The number of benzene rings is 1. The van der Waals surface area contributed by atoms with E-state index in [-0.39, 0.29) is 52.3 Å². The molecule has 4 aliphatic rings. The molecule has 4 atom stereocenters. The first-order valence-electron chi connectivity index (χ1n) is 8.88. The molecule has 1 spiro atoms. The van der Waals surface area contributed by atoms with E-state index in [1.807, 2.05) is 0 Å². The molecule has 0 N–H and O–H groups in total. The van der Waals surface area contributed by atoms with E-state index in [0.29, 0.717) is 0 Å². The smallest absolute Gasteiger partial charge is 0.313 e. The largest absolute Gasteiger partial charge is 0.419 e. The molecule has 0 radical (unpaired) electrons. The molecule has 3 fully saturated rings. The van der Waals surface area contributed by atoms with Crippen LogP contribution in [0.4, 0.5) is 11.4 Å². The maximum atomic E-state index is 13.1. The Hall–Kier alpha value is -3.03. The van der Waals surface area contributed by atoms with E-state index < -0.39 is 16.6 Å². The summed E-state index contributed by atoms with van der Waals surface area (Å²) in [6, 6.07) is 3.78. The van der Waals surface area contributed by atoms with Gasteiger partial charge in [-0.1, -0.05) is 12.2 Å². The van der Waals surface area contributed by atoms with Crippen molar-refractivity contribution in [1.29, 1.82) is 0 Å². The van der Waals surface area contributed by atoms with Crippen LogP contribution >= 0.6 is 0 Å². The Balaban J connectivity index is 1.52. The summed E-state index contributed by atoms with van der Waals surface area (Å²) in [6.45, 7) is 1.14. The SMILES string of the molecule is CC(=O)Oc1ccc(N2C(=O)[C@@H]3[C@@H](C2=O)[C@H]2C=C[C@H]3C23CC3)cc1[N+](=O)[O-]. The zero-order valence-electron chi connectivity index (χ0n) is 14.5. The number of esters is 1. The van der Waals surface area contributed by atoms with Gasteiger partial charge in [0.05, 0.1) is 22.4 Å². The van der Waals surface area contributed by atoms with Crippen LogP contribution in [0, 0.1) is 39.2 Å². The van der Waals surface area contributed by atoms with Crippen LogP contribution in [0.5, 0.6) is 5.75 Å². The Kier molecular flexibility index (Phi) is 3.01. The van der Waals surface area contributed by atoms with Gasteiger partial charge in [0.25, 0.3) is 0 Å². The Bertz CT molecular complexity index is 929. The van der Waals surface area contributed by atoms with Crippen LogP contribution in [0.1, 0.15) is 19.8 Å². The number of nitro groups is 1. The van der Waals surface area contributed by atoms with Crippen molar-refractivity contribution >= 4 is 29.2 Å². The van der Waals surface area contributed by atoms with Crippen molar-refractivity contribution in [3.05, 3.63) is 40.5 Å². The average molecular weight is 368 g/mol. The molecule has 2 amide bonds. The van der Waals surface area contributed by atoms with Crippen molar-refractivity contribution in [2.75, 3.05) is 4.90 Å². The predicted octanol–water partition coefficient (Wildman–Crippen LogP) is 2.22. The van der Waals surface area contributed by atoms with Crippen molar-refractivity contribution < 1.29 is 24.0 Å². The maximum Gasteiger partial charge on any atom is 0.313 e. The van der Waals surface area contributed by atoms with Gasteiger partial charge in [-0.25, -0.2) is 4.90 Å². The Morgan fingerprint density at radius 2 is 1.78 bits per heavy atom. The molecule has 1 aromatic carbocycles. The predicted molar refractivity (Wildman–Crippen MR) is 91.7 cm³/mol. The normalized spacial score (nSPS) is 31.5. The van der Waals surface area contributed by atoms with E-state index in [4.69, 9.17) is 4.74 Å². The third-order valence-electron chi connectivity index (χ3n) is 6.50. The minimum atomic E-state index is -0.696. The van der Waals surface area contributed by atoms with E-state index >= 15 is 0 Å². The highest BCUT2D eigenvalue weighted by Crippen LogP contribution is 2.73. The van der Waals surface area contributed by atoms with Crippen LogP contribution in [0.3, 0.4) is 0 Å². The van der Waals surface area contributed by atoms with Gasteiger partial charge < -0.3 is 4.74 Å². The first-order chi connectivity index (χ1) is 12.8. The monoisotopic (exact) mass is 368 g/mol. The molecule has 8 nitrogen and oxygen atoms in total. The van der Waals surface area contributed by atoms with Crippen LogP contribution in [0.25, 0.3) is 0 Å². The van der Waals surface area contributed by atoms with Crippen molar-refractivity contribution in [1.82, 2.24) is 0 Å². The number of imide groups is 1. The van der Waals surface area contributed by atoms with Crippen LogP contribution in [-0.2, 0) is 14.4 Å². The van der Waals surface area contributed by atoms with Crippen LogP contribution in [0.15, 0.2) is 30.4 Å². The molecule has 0 unspecified atom stereocenters. The lowest BCUT2D eigenvalue weighted by atomic mass is 9.85. The first kappa shape index (κ1) is 16.2. The Labute approximate surface area is 153 Å². The van der Waals surface area contributed by atoms with E-state index in [0.717, 1.165) is 30.7 Å². The van der Waals surface area contributed by atoms with Crippen molar-refractivity contribution in [2.45, 2.75) is 19.8 Å². The van der Waals surface area contributed by atoms with Gasteiger partial charge in [0.15, 0.2) is 0 Å². The number of hydrogen-bond donors (Lipinski definition) is 0. The van der Waals surface area contributed by atoms with E-state index in [2.05, 4.69) is 12.2 Å². The summed E-state index contributed by atoms with van der Waals surface area (Å²) in [7, 11) is 0. The van der Waals surface area contributed by atoms with E-state index in [9.17, 15) is 24.5 Å². The molecule has 1 aromatic rings. The highest BCUT2D eigenvalue weighted by molar-refractivity contribution is 6.23. The Morgan fingerprint density at radius 3 is 2.26 bits per heavy atom. The molecule has 8 heteroatoms. The molecule has 1 aliphatic heterocycles. The zero-order chi connectivity index (χ0) is 19.1. The van der Waals surface area contributed by atoms with E-state index in [1.54, 1.807) is 0 Å². The third kappa shape index (κ3) is 1.95. The second-order valence-corrected chi connectivity index (χ2v) is 7.74. The van der Waals surface area contributed by atoms with Gasteiger partial charge in [-0.05, 0) is 42.2 Å². The summed E-state index contributed by atoms with van der Waals surface area (Å²) < 4.78 is 4.85. The van der Waals surface area contributed by atoms with Gasteiger partial charge >= 0.3 is 11.7 Å². The summed E-state index contributed by atoms with van der Waals surface area (Å²) in [6.07, 6.45) is 6.23. The van der Waals surface area contributed by atoms with Crippen LogP contribution in [0.2, 0.25) is 0 Å². The van der Waals surface area contributed by atoms with Crippen LogP contribution < -0.4 is 9.64 Å². The number of carbonyl (C=O) groups is 3. The molecule has 27 heavy (non-hydrogen) atoms. The van der Waals surface area contributed by atoms with Gasteiger partial charge in [-0.2, -0.15) is 0 Å². The molecule has 2 saturated carbocycles. The number of fused-ring (bicyclic) bond motifs is 3. The second-order valence-electron chi connectivity index (χ2n) is 7.74. The fraction of sp³-hybridized carbons (Fsp3) is 0.421. The zero-order valence-corrected chi connectivity index (χ0v) is 14.5. The van der Waals surface area contributed by atoms with Crippen molar-refractivity contribution in [3.63, 3.8) is 0 Å². The molecule has 1 heterocycles. The summed E-state index contributed by atoms with van der Waals surface area (Å²) in [5.74, 6) is -2.05. The number of anilines is 1. The lowest BCUT2D eigenvalue weighted by molar-refractivity contribution is -0.385. The number of nitrogens with zero attached hydrogens (tertiary/aromatic N) is 2. The number of hydrogen-bond acceptors (Lipinski definition) is 6. The van der Waals surface area contributed by atoms with Crippen LogP contribution in [-0.4, -0.2) is 22.7 Å². The quantitative estimate of drug-likeness (QED) is 0.202. The molecule has 0 aromatic heterocycles. The Morgan fingerprint density at radius 1 is 1.19 bits per heavy atom. The minimum absolute atomic E-state index is 0.0873. The number of amides is 2. The minimum Gasteiger partial charge on any atom is -0.419 e. The summed E-state index contributed by atoms with van der Waals surface area (Å²) >= 11 is 0. The summed E-state index contributed by atoms with van der Waals surface area (Å²) in [5.41, 5.74) is -0.218. The highest BCUT2D eigenvalue weighted by atomic mass is 16.6. The van der Waals surface area contributed by atoms with Gasteiger partial charge in [0.1, 0.15) is 0 Å². The fourth-order valence-electron chi connectivity index (χ4n) is 5.36. The van der Waals surface area contributed by atoms with Gasteiger partial charge in [-0.15, -0.1) is 0 Å². The second kappa shape index (κ2) is 5.03. The molecular formula is C19H16N2O6. The lowest BCUT2D eigenvalue weighted by Crippen LogP contribution is -2.34. The number of nitro benzene ring substituents is 1. The number of carbonyl (C=O) groups excluding carboxylic acids is 3. The van der Waals surface area contributed by atoms with Crippen molar-refractivity contribution in [2.24, 2.45) is 29.1 Å². The van der Waals surface area contributed by atoms with Gasteiger partial charge in [0, 0.05) is 13.0 Å². The van der Waals surface area contributed by atoms with Gasteiger partial charge in [0.2, 0.25) is 17.6 Å². The maximum absolute atomic E-state index is 13.1. The molecule has 5 rings (SSSR count). The standard InChI is InChI=1S/C19H16N2O6/c1-9(22)27-14-5-2-10(8-13(14)21(25)26)20-17(23)15-11-3-4-12(16(15)18(20)24)19(11)6-7-19/h2-5,8,11-12,15-16H,6-7H2,1H3/t11-,12-,15+,16+/m1/s1. The highest BCUT2D eigenvalue weighted by Gasteiger charge is 2.73.